The van der Waals surface area contributed by atoms with Crippen LogP contribution in [0.3, 0.4) is 0 Å². The summed E-state index contributed by atoms with van der Waals surface area (Å²) in [6.07, 6.45) is 0.662. The van der Waals surface area contributed by atoms with Gasteiger partial charge in [-0.15, -0.1) is 15.4 Å². The fourth-order valence-corrected chi connectivity index (χ4v) is 0.466. The SMILES string of the molecule is N#COS(=O)(=O)C(=O)OO[N+](=O)[O-]. The van der Waals surface area contributed by atoms with Gasteiger partial charge >= 0.3 is 26.8 Å². The first-order valence-corrected chi connectivity index (χ1v) is 3.66. The van der Waals surface area contributed by atoms with Crippen molar-refractivity contribution in [2.45, 2.75) is 0 Å². The van der Waals surface area contributed by atoms with E-state index in [9.17, 15) is 23.3 Å². The lowest BCUT2D eigenvalue weighted by atomic mass is 11.6. The summed E-state index contributed by atoms with van der Waals surface area (Å²) in [5.74, 6) is 0. The van der Waals surface area contributed by atoms with Gasteiger partial charge in [0.2, 0.25) is 0 Å². The van der Waals surface area contributed by atoms with E-state index in [1.807, 2.05) is 0 Å². The van der Waals surface area contributed by atoms with Crippen molar-refractivity contribution in [2.75, 3.05) is 0 Å². The molecule has 0 radical (unpaired) electrons. The van der Waals surface area contributed by atoms with Crippen molar-refractivity contribution in [3.8, 4) is 6.26 Å². The normalized spacial score (nSPS) is 9.46. The Morgan fingerprint density at radius 3 is 2.46 bits per heavy atom. The van der Waals surface area contributed by atoms with Crippen LogP contribution in [0.2, 0.25) is 0 Å². The van der Waals surface area contributed by atoms with Crippen LogP contribution in [0.15, 0.2) is 0 Å². The Hall–Kier alpha value is -2.09. The largest absolute Gasteiger partial charge is 0.495 e. The van der Waals surface area contributed by atoms with Crippen molar-refractivity contribution in [3.63, 3.8) is 0 Å². The Labute approximate surface area is 70.4 Å². The Morgan fingerprint density at radius 2 is 2.08 bits per heavy atom. The van der Waals surface area contributed by atoms with Gasteiger partial charge < -0.3 is 0 Å². The molecule has 0 rings (SSSR count). The van der Waals surface area contributed by atoms with E-state index in [1.165, 1.54) is 0 Å². The lowest BCUT2D eigenvalue weighted by molar-refractivity contribution is -0.838. The minimum atomic E-state index is -4.96. The van der Waals surface area contributed by atoms with Crippen LogP contribution in [-0.4, -0.2) is 18.8 Å². The van der Waals surface area contributed by atoms with E-state index in [-0.39, 0.29) is 0 Å². The number of carbonyl (C=O) groups is 1. The zero-order chi connectivity index (χ0) is 10.5. The average molecular weight is 212 g/mol. The zero-order valence-electron chi connectivity index (χ0n) is 5.57. The molecular formula is C2N2O8S. The first-order chi connectivity index (χ1) is 5.90. The second-order valence-electron chi connectivity index (χ2n) is 1.26. The minimum absolute atomic E-state index is 0.662. The molecule has 0 amide bonds. The highest BCUT2D eigenvalue weighted by atomic mass is 32.2. The van der Waals surface area contributed by atoms with Gasteiger partial charge in [0.05, 0.1) is 0 Å². The highest BCUT2D eigenvalue weighted by molar-refractivity contribution is 8.01. The molecule has 0 aliphatic carbocycles. The Kier molecular flexibility index (Phi) is 3.41. The molecule has 0 fully saturated rings. The molecule has 0 aromatic carbocycles. The number of nitriles is 1. The molecule has 0 saturated heterocycles. The van der Waals surface area contributed by atoms with E-state index in [2.05, 4.69) is 14.1 Å². The lowest BCUT2D eigenvalue weighted by Gasteiger charge is -1.96. The average Bonchev–Trinajstić information content (AvgIpc) is 1.99. The van der Waals surface area contributed by atoms with Gasteiger partial charge in [-0.2, -0.15) is 8.42 Å². The lowest BCUT2D eigenvalue weighted by Crippen LogP contribution is -2.19. The smallest absolute Gasteiger partial charge is 0.294 e. The maximum absolute atomic E-state index is 10.3. The van der Waals surface area contributed by atoms with Crippen molar-refractivity contribution in [3.05, 3.63) is 10.1 Å². The summed E-state index contributed by atoms with van der Waals surface area (Å²) in [6, 6.07) is 0. The van der Waals surface area contributed by atoms with Crippen LogP contribution in [-0.2, 0) is 24.2 Å². The minimum Gasteiger partial charge on any atom is -0.294 e. The summed E-state index contributed by atoms with van der Waals surface area (Å²) in [7, 11) is -4.96. The maximum Gasteiger partial charge on any atom is 0.495 e. The fourth-order valence-electron chi connectivity index (χ4n) is 0.186. The third-order valence-corrected chi connectivity index (χ3v) is 1.29. The fraction of sp³-hybridized carbons (Fsp3) is 0. The number of hydrogen-bond donors (Lipinski definition) is 0. The van der Waals surface area contributed by atoms with Gasteiger partial charge in [-0.1, -0.05) is 4.99 Å². The molecule has 0 atom stereocenters. The summed E-state index contributed by atoms with van der Waals surface area (Å²) < 4.78 is 23.9. The summed E-state index contributed by atoms with van der Waals surface area (Å²) in [4.78, 5) is 25.7. The summed E-state index contributed by atoms with van der Waals surface area (Å²) in [5, 5.41) is 13.3. The molecule has 0 aliphatic rings. The number of rotatable bonds is 3. The number of carbonyl (C=O) groups excluding carboxylic acids is 1. The van der Waals surface area contributed by atoms with Gasteiger partial charge in [0, 0.05) is 0 Å². The molecule has 0 heterocycles. The van der Waals surface area contributed by atoms with Crippen LogP contribution in [0.25, 0.3) is 0 Å². The molecule has 0 spiro atoms. The summed E-state index contributed by atoms with van der Waals surface area (Å²) in [6.45, 7) is 0. The van der Waals surface area contributed by atoms with Crippen LogP contribution >= 0.6 is 0 Å². The second kappa shape index (κ2) is 4.07. The zero-order valence-corrected chi connectivity index (χ0v) is 6.39. The van der Waals surface area contributed by atoms with Gasteiger partial charge in [0.1, 0.15) is 0 Å². The first-order valence-electron chi connectivity index (χ1n) is 2.25. The Morgan fingerprint density at radius 1 is 1.54 bits per heavy atom. The van der Waals surface area contributed by atoms with E-state index >= 15 is 0 Å². The maximum atomic E-state index is 10.3. The van der Waals surface area contributed by atoms with Gasteiger partial charge in [0.15, 0.2) is 0 Å². The predicted octanol–water partition coefficient (Wildman–Crippen LogP) is -0.926. The van der Waals surface area contributed by atoms with Gasteiger partial charge in [-0.3, -0.25) is 4.18 Å². The molecule has 0 N–H and O–H groups in total. The molecule has 0 aromatic rings. The molecular weight excluding hydrogens is 212 g/mol. The van der Waals surface area contributed by atoms with Crippen LogP contribution in [0, 0.1) is 21.6 Å². The topological polar surface area (TPSA) is 146 Å². The second-order valence-corrected chi connectivity index (χ2v) is 2.67. The summed E-state index contributed by atoms with van der Waals surface area (Å²) >= 11 is 0. The molecule has 0 aromatic heterocycles. The van der Waals surface area contributed by atoms with Gasteiger partial charge in [-0.05, 0) is 0 Å². The Balaban J connectivity index is 4.29. The highest BCUT2D eigenvalue weighted by Gasteiger charge is 2.28. The van der Waals surface area contributed by atoms with E-state index in [4.69, 9.17) is 5.26 Å². The van der Waals surface area contributed by atoms with Crippen molar-refractivity contribution >= 4 is 15.4 Å². The monoisotopic (exact) mass is 212 g/mol. The van der Waals surface area contributed by atoms with Gasteiger partial charge in [-0.25, -0.2) is 9.68 Å². The van der Waals surface area contributed by atoms with E-state index in [1.54, 1.807) is 0 Å². The molecule has 10 nitrogen and oxygen atoms in total. The highest BCUT2D eigenvalue weighted by Crippen LogP contribution is 1.98. The third kappa shape index (κ3) is 3.72. The summed E-state index contributed by atoms with van der Waals surface area (Å²) in [5.41, 5.74) is 0. The molecule has 13 heavy (non-hydrogen) atoms. The van der Waals surface area contributed by atoms with Crippen molar-refractivity contribution in [2.24, 2.45) is 0 Å². The predicted molar refractivity (Wildman–Crippen MR) is 30.2 cm³/mol. The molecule has 0 bridgehead atoms. The van der Waals surface area contributed by atoms with E-state index in [0.29, 0.717) is 6.26 Å². The van der Waals surface area contributed by atoms with Crippen LogP contribution < -0.4 is 0 Å². The van der Waals surface area contributed by atoms with Crippen LogP contribution in [0.5, 0.6) is 0 Å². The van der Waals surface area contributed by atoms with Crippen LogP contribution in [0.1, 0.15) is 0 Å². The van der Waals surface area contributed by atoms with Crippen molar-refractivity contribution < 1.29 is 32.4 Å². The van der Waals surface area contributed by atoms with E-state index in [0.717, 1.165) is 0 Å². The number of hydrogen-bond acceptors (Lipinski definition) is 9. The first kappa shape index (κ1) is 10.9. The standard InChI is InChI=1S/C2N2O8S/c3-1-10-13(8,9)2(5)11-12-4(6)7. The van der Waals surface area contributed by atoms with Gasteiger partial charge in [0.25, 0.3) is 0 Å². The molecule has 72 valence electrons. The third-order valence-electron chi connectivity index (χ3n) is 0.517. The molecule has 0 unspecified atom stereocenters. The van der Waals surface area contributed by atoms with E-state index < -0.39 is 20.5 Å². The van der Waals surface area contributed by atoms with Crippen LogP contribution in [0.4, 0.5) is 4.79 Å². The molecule has 11 heteroatoms. The number of nitrogens with zero attached hydrogens (tertiary/aromatic N) is 2. The molecule has 0 saturated carbocycles. The van der Waals surface area contributed by atoms with Crippen molar-refractivity contribution in [1.29, 1.82) is 5.26 Å². The quantitative estimate of drug-likeness (QED) is 0.190. The Bertz CT molecular complexity index is 349. The molecule has 0 aliphatic heterocycles. The van der Waals surface area contributed by atoms with Crippen molar-refractivity contribution in [1.82, 2.24) is 0 Å².